The van der Waals surface area contributed by atoms with Crippen LogP contribution in [0.5, 0.6) is 5.75 Å². The smallest absolute Gasteiger partial charge is 0.250 e. The van der Waals surface area contributed by atoms with E-state index in [9.17, 15) is 9.59 Å². The molecule has 6 nitrogen and oxygen atoms in total. The maximum Gasteiger partial charge on any atom is 0.250 e. The first-order chi connectivity index (χ1) is 12.0. The first-order valence-corrected chi connectivity index (χ1v) is 9.12. The monoisotopic (exact) mass is 345 g/mol. The number of nitrogens with one attached hydrogen (secondary N) is 1. The first-order valence-electron chi connectivity index (χ1n) is 9.12. The number of amides is 2. The van der Waals surface area contributed by atoms with Crippen LogP contribution in [0.1, 0.15) is 49.4 Å². The molecule has 0 aromatic heterocycles. The van der Waals surface area contributed by atoms with Crippen LogP contribution in [0.2, 0.25) is 0 Å². The van der Waals surface area contributed by atoms with Crippen LogP contribution >= 0.6 is 0 Å². The van der Waals surface area contributed by atoms with E-state index in [1.807, 2.05) is 6.92 Å². The van der Waals surface area contributed by atoms with Crippen molar-refractivity contribution in [2.75, 3.05) is 11.9 Å². The van der Waals surface area contributed by atoms with Gasteiger partial charge >= 0.3 is 0 Å². The number of anilines is 1. The van der Waals surface area contributed by atoms with Crippen molar-refractivity contribution in [2.24, 2.45) is 29.2 Å². The molecule has 1 aromatic carbocycles. The number of benzene rings is 1. The van der Waals surface area contributed by atoms with Crippen molar-refractivity contribution >= 4 is 17.5 Å². The summed E-state index contributed by atoms with van der Waals surface area (Å²) in [7, 11) is 0. The van der Waals surface area contributed by atoms with Crippen molar-refractivity contribution in [1.82, 2.24) is 0 Å². The van der Waals surface area contributed by atoms with E-state index in [-0.39, 0.29) is 23.4 Å². The zero-order valence-electron chi connectivity index (χ0n) is 14.7. The summed E-state index contributed by atoms with van der Waals surface area (Å²) in [5.74, 6) is 0.739. The van der Waals surface area contributed by atoms with Gasteiger partial charge in [-0.15, -0.1) is 0 Å². The quantitative estimate of drug-likeness (QED) is 0.761. The maximum absolute atomic E-state index is 12.8. The molecule has 0 saturated heterocycles. The summed E-state index contributed by atoms with van der Waals surface area (Å²) in [6, 6.07) is 5.21. The summed E-state index contributed by atoms with van der Waals surface area (Å²) in [5.41, 5.74) is 12.5. The molecule has 2 amide bonds. The Hall–Kier alpha value is -2.08. The zero-order valence-corrected chi connectivity index (χ0v) is 14.7. The lowest BCUT2D eigenvalue weighted by atomic mass is 9.65. The fourth-order valence-corrected chi connectivity index (χ4v) is 4.33. The van der Waals surface area contributed by atoms with Gasteiger partial charge in [-0.2, -0.15) is 0 Å². The maximum atomic E-state index is 12.8. The number of nitrogens with two attached hydrogens (primary N) is 2. The second-order valence-electron chi connectivity index (χ2n) is 7.19. The Balaban J connectivity index is 1.73. The molecule has 2 bridgehead atoms. The molecule has 0 aliphatic heterocycles. The first kappa shape index (κ1) is 17.7. The van der Waals surface area contributed by atoms with Gasteiger partial charge in [0, 0.05) is 12.0 Å². The fraction of sp³-hybridized carbons (Fsp3) is 0.579. The summed E-state index contributed by atoms with van der Waals surface area (Å²) in [6.45, 7) is 2.36. The van der Waals surface area contributed by atoms with E-state index in [4.69, 9.17) is 16.2 Å². The summed E-state index contributed by atoms with van der Waals surface area (Å²) >= 11 is 0. The Kier molecular flexibility index (Phi) is 5.27. The topological polar surface area (TPSA) is 107 Å². The summed E-state index contributed by atoms with van der Waals surface area (Å²) in [4.78, 5) is 24.5. The van der Waals surface area contributed by atoms with Gasteiger partial charge in [0.1, 0.15) is 5.75 Å². The van der Waals surface area contributed by atoms with Crippen LogP contribution in [0.3, 0.4) is 0 Å². The van der Waals surface area contributed by atoms with Crippen molar-refractivity contribution in [3.8, 4) is 5.75 Å². The lowest BCUT2D eigenvalue weighted by Gasteiger charge is -2.43. The van der Waals surface area contributed by atoms with E-state index in [2.05, 4.69) is 5.32 Å². The molecule has 1 aromatic rings. The van der Waals surface area contributed by atoms with Crippen molar-refractivity contribution in [2.45, 2.75) is 45.1 Å². The number of ether oxygens (including phenoxy) is 1. The van der Waals surface area contributed by atoms with Crippen LogP contribution in [0.4, 0.5) is 5.69 Å². The normalized spacial score (nSPS) is 28.2. The second kappa shape index (κ2) is 7.44. The number of hydrogen-bond donors (Lipinski definition) is 3. The molecule has 2 saturated carbocycles. The SMILES string of the molecule is CCOc1ccc(NC(=O)C2CC3CCCC(C2)C3N)c(C(N)=O)c1. The standard InChI is InChI=1S/C19H27N3O3/c1-2-25-14-6-7-16(15(10-14)18(21)23)22-19(24)13-8-11-4-3-5-12(9-13)17(11)20/h6-7,10-13,17H,2-5,8-9,20H2,1H3,(H2,21,23)(H,22,24). The van der Waals surface area contributed by atoms with Gasteiger partial charge in [0.15, 0.2) is 0 Å². The predicted octanol–water partition coefficient (Wildman–Crippen LogP) is 2.28. The molecule has 0 heterocycles. The number of carbonyl (C=O) groups excluding carboxylic acids is 2. The van der Waals surface area contributed by atoms with E-state index in [0.717, 1.165) is 25.7 Å². The predicted molar refractivity (Wildman–Crippen MR) is 96.3 cm³/mol. The van der Waals surface area contributed by atoms with Gasteiger partial charge in [-0.3, -0.25) is 9.59 Å². The lowest BCUT2D eigenvalue weighted by molar-refractivity contribution is -0.122. The lowest BCUT2D eigenvalue weighted by Crippen LogP contribution is -2.48. The van der Waals surface area contributed by atoms with Gasteiger partial charge in [0.05, 0.1) is 17.9 Å². The van der Waals surface area contributed by atoms with Crippen molar-refractivity contribution in [1.29, 1.82) is 0 Å². The van der Waals surface area contributed by atoms with Crippen LogP contribution < -0.4 is 21.5 Å². The highest BCUT2D eigenvalue weighted by Crippen LogP contribution is 2.42. The number of primary amides is 1. The molecule has 3 rings (SSSR count). The summed E-state index contributed by atoms with van der Waals surface area (Å²) < 4.78 is 5.40. The molecule has 2 aliphatic rings. The molecule has 2 aliphatic carbocycles. The minimum Gasteiger partial charge on any atom is -0.494 e. The average molecular weight is 345 g/mol. The van der Waals surface area contributed by atoms with E-state index in [1.165, 1.54) is 6.42 Å². The van der Waals surface area contributed by atoms with Crippen LogP contribution in [0, 0.1) is 17.8 Å². The molecule has 0 radical (unpaired) electrons. The van der Waals surface area contributed by atoms with Gasteiger partial charge in [-0.25, -0.2) is 0 Å². The van der Waals surface area contributed by atoms with Crippen LogP contribution in [0.15, 0.2) is 18.2 Å². The van der Waals surface area contributed by atoms with Crippen molar-refractivity contribution < 1.29 is 14.3 Å². The van der Waals surface area contributed by atoms with Gasteiger partial charge in [-0.1, -0.05) is 6.42 Å². The van der Waals surface area contributed by atoms with Crippen molar-refractivity contribution in [3.63, 3.8) is 0 Å². The third-order valence-electron chi connectivity index (χ3n) is 5.61. The van der Waals surface area contributed by atoms with E-state index >= 15 is 0 Å². The number of hydrogen-bond acceptors (Lipinski definition) is 4. The average Bonchev–Trinajstić information content (AvgIpc) is 2.56. The fourth-order valence-electron chi connectivity index (χ4n) is 4.33. The summed E-state index contributed by atoms with van der Waals surface area (Å²) in [5, 5.41) is 2.90. The molecular weight excluding hydrogens is 318 g/mol. The minimum absolute atomic E-state index is 0.0459. The highest BCUT2D eigenvalue weighted by molar-refractivity contribution is 6.03. The third kappa shape index (κ3) is 3.79. The second-order valence-corrected chi connectivity index (χ2v) is 7.19. The third-order valence-corrected chi connectivity index (χ3v) is 5.61. The number of fused-ring (bicyclic) bond motifs is 2. The Morgan fingerprint density at radius 1 is 1.24 bits per heavy atom. The molecule has 25 heavy (non-hydrogen) atoms. The van der Waals surface area contributed by atoms with Crippen LogP contribution in [-0.2, 0) is 4.79 Å². The number of rotatable bonds is 5. The molecule has 2 atom stereocenters. The zero-order chi connectivity index (χ0) is 18.0. The van der Waals surface area contributed by atoms with Gasteiger partial charge < -0.3 is 21.5 Å². The van der Waals surface area contributed by atoms with Crippen molar-refractivity contribution in [3.05, 3.63) is 23.8 Å². The molecule has 2 unspecified atom stereocenters. The van der Waals surface area contributed by atoms with Crippen LogP contribution in [-0.4, -0.2) is 24.5 Å². The Morgan fingerprint density at radius 3 is 2.52 bits per heavy atom. The Morgan fingerprint density at radius 2 is 1.92 bits per heavy atom. The Bertz CT molecular complexity index is 647. The van der Waals surface area contributed by atoms with E-state index in [1.54, 1.807) is 18.2 Å². The molecule has 136 valence electrons. The molecule has 5 N–H and O–H groups in total. The highest BCUT2D eigenvalue weighted by atomic mass is 16.5. The minimum atomic E-state index is -0.584. The molecule has 2 fully saturated rings. The highest BCUT2D eigenvalue weighted by Gasteiger charge is 2.40. The summed E-state index contributed by atoms with van der Waals surface area (Å²) in [6.07, 6.45) is 5.08. The van der Waals surface area contributed by atoms with Gasteiger partial charge in [-0.05, 0) is 62.6 Å². The largest absolute Gasteiger partial charge is 0.494 e. The molecular formula is C19H27N3O3. The van der Waals surface area contributed by atoms with Gasteiger partial charge in [0.2, 0.25) is 5.91 Å². The van der Waals surface area contributed by atoms with E-state index in [0.29, 0.717) is 29.9 Å². The van der Waals surface area contributed by atoms with Gasteiger partial charge in [0.25, 0.3) is 5.91 Å². The molecule has 6 heteroatoms. The molecule has 0 spiro atoms. The van der Waals surface area contributed by atoms with Crippen LogP contribution in [0.25, 0.3) is 0 Å². The Labute approximate surface area is 148 Å². The number of carbonyl (C=O) groups is 2. The van der Waals surface area contributed by atoms with E-state index < -0.39 is 5.91 Å².